The Kier molecular flexibility index (Phi) is 7.63. The monoisotopic (exact) mass is 519 g/mol. The molecule has 0 aliphatic carbocycles. The van der Waals surface area contributed by atoms with E-state index in [1.165, 1.54) is 11.0 Å². The molecule has 37 heavy (non-hydrogen) atoms. The van der Waals surface area contributed by atoms with Gasteiger partial charge in [-0.25, -0.2) is 17.9 Å². The van der Waals surface area contributed by atoms with Gasteiger partial charge in [0.1, 0.15) is 11.8 Å². The topological polar surface area (TPSA) is 105 Å². The molecule has 1 aliphatic heterocycles. The number of fused-ring (bicyclic) bond motifs is 1. The van der Waals surface area contributed by atoms with Crippen LogP contribution in [0.25, 0.3) is 5.57 Å². The molecule has 0 saturated heterocycles. The average Bonchev–Trinajstić information content (AvgIpc) is 3.36. The molecule has 4 rings (SSSR count). The molecule has 0 radical (unpaired) electrons. The second-order valence-corrected chi connectivity index (χ2v) is 10.5. The number of anilines is 1. The van der Waals surface area contributed by atoms with Gasteiger partial charge in [0, 0.05) is 25.6 Å². The normalized spacial score (nSPS) is 13.1. The first-order valence-electron chi connectivity index (χ1n) is 11.8. The summed E-state index contributed by atoms with van der Waals surface area (Å²) < 4.78 is 33.6. The van der Waals surface area contributed by atoms with Crippen molar-refractivity contribution in [3.8, 4) is 5.75 Å². The molecule has 1 heterocycles. The molecule has 0 fully saturated rings. The predicted molar refractivity (Wildman–Crippen MR) is 143 cm³/mol. The molecule has 9 heteroatoms. The fraction of sp³-hybridized carbons (Fsp3) is 0.214. The first-order chi connectivity index (χ1) is 17.7. The largest absolute Gasteiger partial charge is 0.493 e. The van der Waals surface area contributed by atoms with E-state index in [1.54, 1.807) is 38.2 Å². The highest BCUT2D eigenvalue weighted by molar-refractivity contribution is 7.90. The first-order valence-corrected chi connectivity index (χ1v) is 13.3. The molecule has 1 aliphatic rings. The van der Waals surface area contributed by atoms with Crippen LogP contribution in [0, 0.1) is 0 Å². The molecule has 3 amide bonds. The van der Waals surface area contributed by atoms with Crippen molar-refractivity contribution in [1.82, 2.24) is 10.0 Å². The molecule has 3 aromatic rings. The summed E-state index contributed by atoms with van der Waals surface area (Å²) in [5, 5.41) is 2.58. The van der Waals surface area contributed by atoms with E-state index in [2.05, 4.69) is 11.9 Å². The van der Waals surface area contributed by atoms with Crippen molar-refractivity contribution >= 4 is 33.2 Å². The molecule has 192 valence electrons. The van der Waals surface area contributed by atoms with Crippen molar-refractivity contribution in [2.24, 2.45) is 0 Å². The van der Waals surface area contributed by atoms with Gasteiger partial charge in [-0.15, -0.1) is 0 Å². The summed E-state index contributed by atoms with van der Waals surface area (Å²) in [6, 6.07) is 18.9. The minimum Gasteiger partial charge on any atom is -0.493 e. The van der Waals surface area contributed by atoms with Gasteiger partial charge in [0.2, 0.25) is 5.91 Å². The van der Waals surface area contributed by atoms with Crippen LogP contribution in [-0.2, 0) is 27.7 Å². The van der Waals surface area contributed by atoms with Crippen LogP contribution < -0.4 is 19.7 Å². The highest BCUT2D eigenvalue weighted by atomic mass is 32.2. The fourth-order valence-corrected chi connectivity index (χ4v) is 5.41. The molecule has 0 bridgehead atoms. The van der Waals surface area contributed by atoms with Crippen molar-refractivity contribution in [3.63, 3.8) is 0 Å². The number of nitrogens with zero attached hydrogens (tertiary/aromatic N) is 1. The van der Waals surface area contributed by atoms with Crippen LogP contribution >= 0.6 is 0 Å². The molecular weight excluding hydrogens is 490 g/mol. The molecule has 0 unspecified atom stereocenters. The van der Waals surface area contributed by atoms with Gasteiger partial charge in [0.05, 0.1) is 11.5 Å². The molecule has 0 aromatic heterocycles. The van der Waals surface area contributed by atoms with Crippen LogP contribution in [0.4, 0.5) is 10.5 Å². The summed E-state index contributed by atoms with van der Waals surface area (Å²) in [5.41, 5.74) is 3.41. The second-order valence-electron chi connectivity index (χ2n) is 8.89. The first kappa shape index (κ1) is 26.0. The van der Waals surface area contributed by atoms with Gasteiger partial charge in [-0.1, -0.05) is 55.1 Å². The number of carbonyl (C=O) groups excluding carboxylic acids is 2. The van der Waals surface area contributed by atoms with Crippen molar-refractivity contribution in [2.75, 3.05) is 18.6 Å². The van der Waals surface area contributed by atoms with Crippen LogP contribution in [0.2, 0.25) is 0 Å². The predicted octanol–water partition coefficient (Wildman–Crippen LogP) is 3.92. The average molecular weight is 520 g/mol. The van der Waals surface area contributed by atoms with Crippen LogP contribution in [0.5, 0.6) is 5.75 Å². The number of hydrogen-bond donors (Lipinski definition) is 2. The quantitative estimate of drug-likeness (QED) is 0.470. The third-order valence-corrected chi connectivity index (χ3v) is 7.53. The zero-order chi connectivity index (χ0) is 26.6. The standard InChI is InChI=1S/C28H29N3O5S/c1-19(2)23-11-7-8-12-26(23)37(34,35)30-28(33)29-24(17-20-9-5-4-6-10-20)27(32)31(3)22-13-14-25-21(18-22)15-16-36-25/h4-14,18,24H,1,15-17H2,2-3H3,(H2,29,30,33)/t24-/m0/s1. The van der Waals surface area contributed by atoms with Crippen LogP contribution in [-0.4, -0.2) is 40.1 Å². The molecular formula is C28H29N3O5S. The third-order valence-electron chi connectivity index (χ3n) is 6.14. The van der Waals surface area contributed by atoms with E-state index >= 15 is 0 Å². The van der Waals surface area contributed by atoms with Gasteiger partial charge < -0.3 is 15.0 Å². The Morgan fingerprint density at radius 1 is 1.05 bits per heavy atom. The lowest BCUT2D eigenvalue weighted by Crippen LogP contribution is -2.52. The number of nitrogens with one attached hydrogen (secondary N) is 2. The van der Waals surface area contributed by atoms with Crippen LogP contribution in [0.3, 0.4) is 0 Å². The minimum absolute atomic E-state index is 0.0685. The van der Waals surface area contributed by atoms with Gasteiger partial charge in [-0.05, 0) is 53.5 Å². The lowest BCUT2D eigenvalue weighted by atomic mass is 10.0. The summed E-state index contributed by atoms with van der Waals surface area (Å²) in [6.45, 7) is 6.10. The maximum Gasteiger partial charge on any atom is 0.329 e. The summed E-state index contributed by atoms with van der Waals surface area (Å²) >= 11 is 0. The molecule has 8 nitrogen and oxygen atoms in total. The zero-order valence-corrected chi connectivity index (χ0v) is 21.5. The van der Waals surface area contributed by atoms with Gasteiger partial charge in [0.25, 0.3) is 10.0 Å². The van der Waals surface area contributed by atoms with E-state index in [9.17, 15) is 18.0 Å². The van der Waals surface area contributed by atoms with Gasteiger partial charge in [0.15, 0.2) is 0 Å². The Labute approximate surface area is 217 Å². The molecule has 0 saturated carbocycles. The van der Waals surface area contributed by atoms with Crippen molar-refractivity contribution in [3.05, 3.63) is 96.1 Å². The van der Waals surface area contributed by atoms with Crippen molar-refractivity contribution in [1.29, 1.82) is 0 Å². The van der Waals surface area contributed by atoms with Gasteiger partial charge in [-0.3, -0.25) is 4.79 Å². The maximum atomic E-state index is 13.6. The number of amides is 3. The summed E-state index contributed by atoms with van der Waals surface area (Å²) in [5.74, 6) is 0.404. The van der Waals surface area contributed by atoms with E-state index in [-0.39, 0.29) is 11.3 Å². The number of likely N-dealkylation sites (N-methyl/N-ethyl adjacent to an activating group) is 1. The summed E-state index contributed by atoms with van der Waals surface area (Å²) in [4.78, 5) is 27.9. The molecule has 1 atom stereocenters. The highest BCUT2D eigenvalue weighted by Gasteiger charge is 2.28. The fourth-order valence-electron chi connectivity index (χ4n) is 4.21. The summed E-state index contributed by atoms with van der Waals surface area (Å²) in [6.07, 6.45) is 0.927. The van der Waals surface area contributed by atoms with Crippen molar-refractivity contribution in [2.45, 2.75) is 30.7 Å². The number of sulfonamides is 1. The second kappa shape index (κ2) is 10.9. The Morgan fingerprint density at radius 2 is 1.76 bits per heavy atom. The number of rotatable bonds is 8. The molecule has 2 N–H and O–H groups in total. The number of benzene rings is 3. The Balaban J connectivity index is 1.56. The molecule has 0 spiro atoms. The number of ether oxygens (including phenoxy) is 1. The minimum atomic E-state index is -4.22. The SMILES string of the molecule is C=C(C)c1ccccc1S(=O)(=O)NC(=O)N[C@@H](Cc1ccccc1)C(=O)N(C)c1ccc2c(c1)CCO2. The van der Waals surface area contributed by atoms with E-state index in [4.69, 9.17) is 4.74 Å². The van der Waals surface area contributed by atoms with Gasteiger partial charge >= 0.3 is 6.03 Å². The number of allylic oxidation sites excluding steroid dienone is 1. The lowest BCUT2D eigenvalue weighted by Gasteiger charge is -2.25. The molecule has 3 aromatic carbocycles. The number of urea groups is 1. The van der Waals surface area contributed by atoms with E-state index in [0.717, 1.165) is 23.3 Å². The van der Waals surface area contributed by atoms with E-state index < -0.39 is 28.0 Å². The van der Waals surface area contributed by atoms with E-state index in [0.29, 0.717) is 23.4 Å². The highest BCUT2D eigenvalue weighted by Crippen LogP contribution is 2.29. The van der Waals surface area contributed by atoms with Crippen LogP contribution in [0.1, 0.15) is 23.6 Å². The van der Waals surface area contributed by atoms with E-state index in [1.807, 2.05) is 47.2 Å². The summed E-state index contributed by atoms with van der Waals surface area (Å²) in [7, 11) is -2.60. The van der Waals surface area contributed by atoms with Gasteiger partial charge in [-0.2, -0.15) is 0 Å². The smallest absolute Gasteiger partial charge is 0.329 e. The maximum absolute atomic E-state index is 13.6. The lowest BCUT2D eigenvalue weighted by molar-refractivity contribution is -0.120. The number of carbonyl (C=O) groups is 2. The zero-order valence-electron chi connectivity index (χ0n) is 20.7. The number of hydrogen-bond acceptors (Lipinski definition) is 5. The van der Waals surface area contributed by atoms with Crippen LogP contribution in [0.15, 0.2) is 84.3 Å². The third kappa shape index (κ3) is 6.00. The Bertz CT molecular complexity index is 1440. The Morgan fingerprint density at radius 3 is 2.49 bits per heavy atom. The van der Waals surface area contributed by atoms with Crippen molar-refractivity contribution < 1.29 is 22.7 Å². The Hall–Kier alpha value is -4.11.